The van der Waals surface area contributed by atoms with Gasteiger partial charge in [-0.3, -0.25) is 0 Å². The molecule has 0 spiro atoms. The first-order valence-corrected chi connectivity index (χ1v) is 8.57. The predicted molar refractivity (Wildman–Crippen MR) is 83.6 cm³/mol. The van der Waals surface area contributed by atoms with Crippen LogP contribution < -0.4 is 0 Å². The Morgan fingerprint density at radius 1 is 0.750 bits per heavy atom. The van der Waals surface area contributed by atoms with E-state index in [0.717, 1.165) is 18.4 Å². The Hall–Kier alpha value is -0.820. The van der Waals surface area contributed by atoms with Gasteiger partial charge in [-0.05, 0) is 43.1 Å². The number of hydrogen-bond acceptors (Lipinski definition) is 1. The normalized spacial score (nSPS) is 28.4. The molecule has 20 heavy (non-hydrogen) atoms. The Morgan fingerprint density at radius 2 is 1.40 bits per heavy atom. The van der Waals surface area contributed by atoms with Crippen molar-refractivity contribution in [2.75, 3.05) is 0 Å². The first kappa shape index (κ1) is 14.1. The lowest BCUT2D eigenvalue weighted by atomic mass is 9.73. The summed E-state index contributed by atoms with van der Waals surface area (Å²) in [7, 11) is 0. The third kappa shape index (κ3) is 3.85. The zero-order valence-corrected chi connectivity index (χ0v) is 12.6. The van der Waals surface area contributed by atoms with E-state index in [-0.39, 0.29) is 0 Å². The van der Waals surface area contributed by atoms with Crippen LogP contribution in [0.2, 0.25) is 0 Å². The second-order valence-electron chi connectivity index (χ2n) is 6.73. The van der Waals surface area contributed by atoms with Crippen LogP contribution in [0.15, 0.2) is 30.3 Å². The zero-order chi connectivity index (χ0) is 13.6. The van der Waals surface area contributed by atoms with Crippen molar-refractivity contribution in [3.8, 4) is 0 Å². The van der Waals surface area contributed by atoms with Crippen molar-refractivity contribution in [3.05, 3.63) is 35.9 Å². The highest BCUT2D eigenvalue weighted by atomic mass is 16.5. The minimum Gasteiger partial charge on any atom is -0.374 e. The molecule has 1 heteroatoms. The van der Waals surface area contributed by atoms with Gasteiger partial charge in [-0.15, -0.1) is 0 Å². The fourth-order valence-corrected chi connectivity index (χ4v) is 4.12. The molecule has 2 saturated carbocycles. The van der Waals surface area contributed by atoms with Gasteiger partial charge in [0, 0.05) is 0 Å². The molecule has 0 unspecified atom stereocenters. The van der Waals surface area contributed by atoms with Gasteiger partial charge in [0.05, 0.1) is 12.7 Å². The van der Waals surface area contributed by atoms with Crippen molar-refractivity contribution in [1.29, 1.82) is 0 Å². The van der Waals surface area contributed by atoms with Crippen LogP contribution in [0.4, 0.5) is 0 Å². The van der Waals surface area contributed by atoms with E-state index in [4.69, 9.17) is 4.74 Å². The molecule has 1 aromatic carbocycles. The van der Waals surface area contributed by atoms with Crippen molar-refractivity contribution >= 4 is 0 Å². The molecular formula is C19H28O. The smallest absolute Gasteiger partial charge is 0.0720 e. The van der Waals surface area contributed by atoms with Crippen molar-refractivity contribution in [2.24, 2.45) is 11.8 Å². The lowest BCUT2D eigenvalue weighted by Gasteiger charge is -2.35. The van der Waals surface area contributed by atoms with Gasteiger partial charge in [0.25, 0.3) is 0 Å². The minimum absolute atomic E-state index is 0.509. The summed E-state index contributed by atoms with van der Waals surface area (Å²) in [5.41, 5.74) is 1.31. The maximum Gasteiger partial charge on any atom is 0.0720 e. The van der Waals surface area contributed by atoms with Crippen LogP contribution >= 0.6 is 0 Å². The van der Waals surface area contributed by atoms with Gasteiger partial charge in [-0.1, -0.05) is 62.4 Å². The van der Waals surface area contributed by atoms with Crippen LogP contribution in [0, 0.1) is 11.8 Å². The average molecular weight is 272 g/mol. The van der Waals surface area contributed by atoms with E-state index < -0.39 is 0 Å². The standard InChI is InChI=1S/C19H28O/c1-3-7-16(8-4-1)15-20-19-13-11-18(12-14-19)17-9-5-2-6-10-17/h1,3-4,7-8,17-19H,2,5-6,9-15H2. The molecule has 0 aromatic heterocycles. The largest absolute Gasteiger partial charge is 0.374 e. The van der Waals surface area contributed by atoms with Crippen LogP contribution in [0.1, 0.15) is 63.4 Å². The molecule has 2 aliphatic carbocycles. The monoisotopic (exact) mass is 272 g/mol. The zero-order valence-electron chi connectivity index (χ0n) is 12.6. The van der Waals surface area contributed by atoms with Gasteiger partial charge < -0.3 is 4.74 Å². The van der Waals surface area contributed by atoms with Crippen molar-refractivity contribution in [1.82, 2.24) is 0 Å². The quantitative estimate of drug-likeness (QED) is 0.718. The summed E-state index contributed by atoms with van der Waals surface area (Å²) in [6.45, 7) is 0.791. The number of hydrogen-bond donors (Lipinski definition) is 0. The first-order chi connectivity index (χ1) is 9.92. The van der Waals surface area contributed by atoms with Crippen LogP contribution in [0.5, 0.6) is 0 Å². The SMILES string of the molecule is c1ccc(COC2CCC(C3CCCCC3)CC2)cc1. The fraction of sp³-hybridized carbons (Fsp3) is 0.684. The minimum atomic E-state index is 0.509. The topological polar surface area (TPSA) is 9.23 Å². The van der Waals surface area contributed by atoms with Gasteiger partial charge in [-0.25, -0.2) is 0 Å². The molecule has 0 atom stereocenters. The highest BCUT2D eigenvalue weighted by Crippen LogP contribution is 2.38. The summed E-state index contributed by atoms with van der Waals surface area (Å²) in [4.78, 5) is 0. The third-order valence-electron chi connectivity index (χ3n) is 5.36. The molecule has 0 aliphatic heterocycles. The van der Waals surface area contributed by atoms with E-state index in [1.807, 2.05) is 0 Å². The highest BCUT2D eigenvalue weighted by Gasteiger charge is 2.28. The first-order valence-electron chi connectivity index (χ1n) is 8.57. The molecule has 2 aliphatic rings. The van der Waals surface area contributed by atoms with Gasteiger partial charge in [0.1, 0.15) is 0 Å². The number of rotatable bonds is 4. The summed E-state index contributed by atoms with van der Waals surface area (Å²) < 4.78 is 6.10. The van der Waals surface area contributed by atoms with E-state index in [1.54, 1.807) is 0 Å². The summed E-state index contributed by atoms with van der Waals surface area (Å²) in [6, 6.07) is 10.6. The molecule has 1 nitrogen and oxygen atoms in total. The number of benzene rings is 1. The van der Waals surface area contributed by atoms with Gasteiger partial charge in [-0.2, -0.15) is 0 Å². The summed E-state index contributed by atoms with van der Waals surface area (Å²) in [6.07, 6.45) is 13.3. The maximum absolute atomic E-state index is 6.10. The molecule has 1 aromatic rings. The van der Waals surface area contributed by atoms with E-state index >= 15 is 0 Å². The lowest BCUT2D eigenvalue weighted by molar-refractivity contribution is -0.00161. The molecule has 0 heterocycles. The Balaban J connectivity index is 1.40. The van der Waals surface area contributed by atoms with Crippen LogP contribution in [-0.2, 0) is 11.3 Å². The molecule has 2 fully saturated rings. The van der Waals surface area contributed by atoms with Crippen LogP contribution in [0.3, 0.4) is 0 Å². The lowest BCUT2D eigenvalue weighted by Crippen LogP contribution is -2.27. The Labute approximate surface area is 123 Å². The molecule has 0 bridgehead atoms. The average Bonchev–Trinajstić information content (AvgIpc) is 2.55. The van der Waals surface area contributed by atoms with Gasteiger partial charge in [0.2, 0.25) is 0 Å². The van der Waals surface area contributed by atoms with Gasteiger partial charge in [0.15, 0.2) is 0 Å². The van der Waals surface area contributed by atoms with E-state index in [2.05, 4.69) is 30.3 Å². The van der Waals surface area contributed by atoms with Gasteiger partial charge >= 0.3 is 0 Å². The Bertz CT molecular complexity index is 372. The second-order valence-corrected chi connectivity index (χ2v) is 6.73. The molecular weight excluding hydrogens is 244 g/mol. The third-order valence-corrected chi connectivity index (χ3v) is 5.36. The Morgan fingerprint density at radius 3 is 2.10 bits per heavy atom. The van der Waals surface area contributed by atoms with E-state index in [9.17, 15) is 0 Å². The second kappa shape index (κ2) is 7.26. The van der Waals surface area contributed by atoms with Crippen LogP contribution in [-0.4, -0.2) is 6.10 Å². The molecule has 0 amide bonds. The highest BCUT2D eigenvalue weighted by molar-refractivity contribution is 5.13. The summed E-state index contributed by atoms with van der Waals surface area (Å²) >= 11 is 0. The molecule has 110 valence electrons. The number of ether oxygens (including phenoxy) is 1. The fourth-order valence-electron chi connectivity index (χ4n) is 4.12. The summed E-state index contributed by atoms with van der Waals surface area (Å²) in [5, 5.41) is 0. The van der Waals surface area contributed by atoms with Crippen molar-refractivity contribution < 1.29 is 4.74 Å². The molecule has 0 N–H and O–H groups in total. The summed E-state index contributed by atoms with van der Waals surface area (Å²) in [5.74, 6) is 2.05. The van der Waals surface area contributed by atoms with Crippen LogP contribution in [0.25, 0.3) is 0 Å². The van der Waals surface area contributed by atoms with E-state index in [0.29, 0.717) is 6.10 Å². The molecule has 3 rings (SSSR count). The molecule has 0 saturated heterocycles. The van der Waals surface area contributed by atoms with Crippen molar-refractivity contribution in [2.45, 2.75) is 70.5 Å². The maximum atomic E-state index is 6.10. The van der Waals surface area contributed by atoms with E-state index in [1.165, 1.54) is 63.4 Å². The predicted octanol–water partition coefficient (Wildman–Crippen LogP) is 5.34. The van der Waals surface area contributed by atoms with Crippen molar-refractivity contribution in [3.63, 3.8) is 0 Å². The Kier molecular flexibility index (Phi) is 5.13. The molecule has 0 radical (unpaired) electrons.